The first kappa shape index (κ1) is 106. The maximum absolute atomic E-state index is 12.4. The van der Waals surface area contributed by atoms with E-state index >= 15 is 0 Å². The van der Waals surface area contributed by atoms with Gasteiger partial charge in [0.1, 0.15) is 0 Å². The van der Waals surface area contributed by atoms with Gasteiger partial charge < -0.3 is 34.0 Å². The number of hydrogen-bond donors (Lipinski definition) is 5. The molecule has 0 aromatic heterocycles. The van der Waals surface area contributed by atoms with Crippen molar-refractivity contribution in [1.82, 2.24) is 0 Å². The molecule has 674 valence electrons. The number of allylic oxidation sites excluding steroid dienone is 4. The van der Waals surface area contributed by atoms with Gasteiger partial charge >= 0.3 is 219 Å². The van der Waals surface area contributed by atoms with Gasteiger partial charge in [0, 0.05) is 47.7 Å². The van der Waals surface area contributed by atoms with Crippen LogP contribution in [0.2, 0.25) is 36.3 Å². The van der Waals surface area contributed by atoms with Gasteiger partial charge in [-0.05, 0) is 202 Å². The van der Waals surface area contributed by atoms with Crippen LogP contribution < -0.4 is 15.9 Å². The van der Waals surface area contributed by atoms with Crippen LogP contribution in [-0.2, 0) is 28.0 Å². The molecule has 4 saturated carbocycles. The molecule has 1 saturated heterocycles. The predicted molar refractivity (Wildman–Crippen MR) is 518 cm³/mol. The van der Waals surface area contributed by atoms with Crippen LogP contribution in [0.1, 0.15) is 273 Å². The minimum atomic E-state index is -3.19. The van der Waals surface area contributed by atoms with Crippen LogP contribution in [0.25, 0.3) is 0 Å². The second kappa shape index (κ2) is 38.9. The fourth-order valence-corrected chi connectivity index (χ4v) is 31.0. The van der Waals surface area contributed by atoms with Crippen molar-refractivity contribution in [2.24, 2.45) is 107 Å². The van der Waals surface area contributed by atoms with Crippen molar-refractivity contribution in [3.05, 3.63) is 139 Å². The summed E-state index contributed by atoms with van der Waals surface area (Å²) in [4.78, 5) is 36.7. The third-order valence-electron chi connectivity index (χ3n) is 33.7. The predicted octanol–water partition coefficient (Wildman–Crippen LogP) is 26.0. The number of carboxylic acid groups (broad SMARTS) is 3. The summed E-state index contributed by atoms with van der Waals surface area (Å²) in [6.07, 6.45) is 21.9. The molecule has 4 aliphatic carbocycles. The van der Waals surface area contributed by atoms with Crippen LogP contribution >= 0.6 is 20.8 Å². The summed E-state index contributed by atoms with van der Waals surface area (Å²) in [6.45, 7) is 79.0. The van der Waals surface area contributed by atoms with E-state index in [4.69, 9.17) is 13.6 Å². The van der Waals surface area contributed by atoms with Crippen LogP contribution in [0.15, 0.2) is 139 Å². The van der Waals surface area contributed by atoms with Gasteiger partial charge in [-0.15, -0.1) is 11.8 Å². The molecule has 15 heteroatoms. The average molecular weight is 1770 g/mol. The molecule has 1 aliphatic heterocycles. The van der Waals surface area contributed by atoms with E-state index in [9.17, 15) is 39.9 Å². The summed E-state index contributed by atoms with van der Waals surface area (Å²) in [7, 11) is -4.07. The van der Waals surface area contributed by atoms with E-state index in [1.807, 2.05) is 74.5 Å². The van der Waals surface area contributed by atoms with Gasteiger partial charge in [-0.2, -0.15) is 0 Å². The zero-order valence-corrected chi connectivity index (χ0v) is 86.3. The van der Waals surface area contributed by atoms with Crippen molar-refractivity contribution in [2.75, 3.05) is 19.4 Å². The summed E-state index contributed by atoms with van der Waals surface area (Å²) in [5.74, 6) is 12.9. The van der Waals surface area contributed by atoms with E-state index in [1.54, 1.807) is 0 Å². The van der Waals surface area contributed by atoms with Crippen LogP contribution in [-0.4, -0.2) is 104 Å². The number of aliphatic hydroxyl groups excluding tert-OH is 2. The van der Waals surface area contributed by atoms with Crippen molar-refractivity contribution in [2.45, 2.75) is 334 Å². The molecule has 0 amide bonds. The Morgan fingerprint density at radius 1 is 0.508 bits per heavy atom. The Bertz CT molecular complexity index is 4080. The fourth-order valence-electron chi connectivity index (χ4n) is 18.6. The van der Waals surface area contributed by atoms with Gasteiger partial charge in [-0.3, -0.25) is 9.59 Å². The Labute approximate surface area is 741 Å². The van der Waals surface area contributed by atoms with Crippen molar-refractivity contribution in [1.29, 1.82) is 0 Å². The number of benzene rings is 3. The number of carbonyl (C=O) groups is 3. The van der Waals surface area contributed by atoms with E-state index in [0.717, 1.165) is 57.9 Å². The average Bonchev–Trinajstić information content (AvgIpc) is 0.944. The molecule has 11 nitrogen and oxygen atoms in total. The molecule has 2 unspecified atom stereocenters. The molecule has 0 bridgehead atoms. The molecule has 5 aliphatic rings. The van der Waals surface area contributed by atoms with E-state index in [-0.39, 0.29) is 73.2 Å². The van der Waals surface area contributed by atoms with Crippen molar-refractivity contribution >= 4 is 71.3 Å². The first-order chi connectivity index (χ1) is 54.4. The van der Waals surface area contributed by atoms with Gasteiger partial charge in [-0.1, -0.05) is 170 Å². The topological polar surface area (TPSA) is 180 Å². The first-order valence-electron chi connectivity index (χ1n) is 45.0. The van der Waals surface area contributed by atoms with Crippen molar-refractivity contribution in [3.8, 4) is 23.7 Å². The molecule has 120 heavy (non-hydrogen) atoms. The number of rotatable bonds is 28. The summed E-state index contributed by atoms with van der Waals surface area (Å²) in [6, 6.07) is 32.1. The Morgan fingerprint density at radius 2 is 0.858 bits per heavy atom. The fraction of sp³-hybridized carbons (Fsp3) is 0.686. The number of aliphatic carboxylic acids is 3. The molecular formula is C105H168BrO11PSi2. The van der Waals surface area contributed by atoms with E-state index in [0.29, 0.717) is 29.6 Å². The summed E-state index contributed by atoms with van der Waals surface area (Å²) in [5.41, 5.74) is -2.61. The van der Waals surface area contributed by atoms with Crippen molar-refractivity contribution in [3.63, 3.8) is 0 Å². The van der Waals surface area contributed by atoms with Gasteiger partial charge in [0.25, 0.3) is 0 Å². The molecule has 0 radical (unpaired) electrons. The third kappa shape index (κ3) is 22.6. The quantitative estimate of drug-likeness (QED) is 0.0202. The molecule has 5 N–H and O–H groups in total. The van der Waals surface area contributed by atoms with Gasteiger partial charge in [0.2, 0.25) is 0 Å². The molecule has 3 aromatic rings. The number of aliphatic hydroxyl groups is 2. The second-order valence-electron chi connectivity index (χ2n) is 45.9. The number of hydrogen-bond acceptors (Lipinski definition) is 8. The molecular weight excluding hydrogens is 1600 g/mol. The van der Waals surface area contributed by atoms with Gasteiger partial charge in [0.05, 0.1) is 35.2 Å². The zero-order chi connectivity index (χ0) is 92.1. The minimum absolute atomic E-state index is 0.0230. The molecule has 1 heterocycles. The zero-order valence-electron chi connectivity index (χ0n) is 81.8. The Hall–Kier alpha value is -4.71. The number of carboxylic acids is 3. The summed E-state index contributed by atoms with van der Waals surface area (Å²) in [5, 5.41) is 52.5. The molecule has 5 fully saturated rings. The maximum atomic E-state index is 12.4. The summed E-state index contributed by atoms with van der Waals surface area (Å²) >= 11 is 4.53. The van der Waals surface area contributed by atoms with Crippen LogP contribution in [0.5, 0.6) is 0 Å². The Morgan fingerprint density at radius 3 is 1.21 bits per heavy atom. The molecule has 12 atom stereocenters. The third-order valence-corrected chi connectivity index (χ3v) is 52.6. The van der Waals surface area contributed by atoms with Crippen LogP contribution in [0.4, 0.5) is 0 Å². The van der Waals surface area contributed by atoms with Crippen LogP contribution in [0.3, 0.4) is 0 Å². The SMILES string of the molecule is C1CCOC1.CC#CC(C)(C)C(C)[C@@H](/C=C/[C@@H]1[C@H]2C/C(=C/C(C)(C)C(C)(C)C(C)(C)C(=O)O)C[C@H]2C[C@H]1O[Si](C)(C)C(C)(C)C)O[Si](C)(C)C(C)(C)C.CC#CC(C)(C)C(C)[C@H](O)/C=C/[C@@H]1[C@H]2C/C(=C/C(C)(C)C(C)(C)C(C)(C)C(=O)O)C[C@H]2C[C@H]1O.CC(C)(CP(Br)(c1ccccc1)(c1ccccc1)c1ccccc1)C(C)(C)C(C)(C)C(=O)O. The van der Waals surface area contributed by atoms with Gasteiger partial charge in [-0.25, -0.2) is 0 Å². The Kier molecular flexibility index (Phi) is 34.3. The molecule has 0 spiro atoms. The number of halogens is 1. The second-order valence-corrected chi connectivity index (χ2v) is 64.4. The summed E-state index contributed by atoms with van der Waals surface area (Å²) < 4.78 is 19.4. The van der Waals surface area contributed by atoms with Crippen LogP contribution in [0, 0.1) is 131 Å². The number of ether oxygens (including phenoxy) is 1. The van der Waals surface area contributed by atoms with E-state index in [1.165, 1.54) is 39.9 Å². The Balaban J connectivity index is 0.000000317. The molecule has 3 aromatic carbocycles. The van der Waals surface area contributed by atoms with E-state index in [2.05, 4.69) is 340 Å². The van der Waals surface area contributed by atoms with Crippen molar-refractivity contribution < 1.29 is 53.5 Å². The normalized spacial score (nSPS) is 23.4. The van der Waals surface area contributed by atoms with E-state index < -0.39 is 78.4 Å². The van der Waals surface area contributed by atoms with Gasteiger partial charge in [0.15, 0.2) is 16.6 Å². The molecule has 8 rings (SSSR count). The standard InChI is InChI=1S/C42H76O4Si2.C30H48O4.C29H36BrO2P.C4H8O/c1-21-24-39(9,10)29(2)34(45-47(17,18)37(3,4)5)23-22-32-33-26-30(28-40(11,12)42(15,16)41(13,14)36(43)44)25-31(33)27-35(32)46-48(19,20)38(6,7)8;1-11-14-27(3,4)19(2)24(31)13-12-22-23-16-20(15-21(23)17-25(22)32)18-28(5,6)30(9,10)29(7,8)26(33)34;1-27(2,29(5,6)28(3,4)26(31)32)22-33(30,23-16-10-7-11-17-23,24-18-12-8-13-19-24)25-20-14-9-15-21-25;1-2-4-5-3-1/h22-23,28-29,31-35H,25-27H2,1-20H3,(H,43,44);12-13,18-19,21-25,31-32H,15-17H2,1-10H3,(H,33,34);7-21H,22H2,1-6H3,(H,31,32);1-4H2/b23-22+,30-28+;13-12+,20-18+;;/t29?,31-,32+,33-,34+,35+;19?,21-,22+,23-,24+,25+;;/m00../s1. The monoisotopic (exact) mass is 1770 g/mol. The number of fused-ring (bicyclic) bond motifs is 2. The first-order valence-corrected chi connectivity index (χ1v) is 55.2.